The number of aromatic nitrogens is 3. The SMILES string of the molecule is O=C(Cc1c(F)cccc1Cl)N1CC(n2nccn2)C1. The molecule has 0 spiro atoms. The monoisotopic (exact) mass is 294 g/mol. The molecule has 0 atom stereocenters. The summed E-state index contributed by atoms with van der Waals surface area (Å²) in [6.45, 7) is 1.08. The van der Waals surface area contributed by atoms with Crippen molar-refractivity contribution in [2.24, 2.45) is 0 Å². The van der Waals surface area contributed by atoms with Gasteiger partial charge in [-0.1, -0.05) is 17.7 Å². The molecule has 1 saturated heterocycles. The molecule has 1 aromatic carbocycles. The molecule has 7 heteroatoms. The second-order valence-electron chi connectivity index (χ2n) is 4.68. The van der Waals surface area contributed by atoms with Gasteiger partial charge in [-0.25, -0.2) is 4.39 Å². The van der Waals surface area contributed by atoms with E-state index in [1.807, 2.05) is 0 Å². The number of halogens is 2. The first-order chi connectivity index (χ1) is 9.65. The molecule has 1 aromatic heterocycles. The molecule has 0 bridgehead atoms. The van der Waals surface area contributed by atoms with E-state index in [4.69, 9.17) is 11.6 Å². The van der Waals surface area contributed by atoms with Crippen LogP contribution < -0.4 is 0 Å². The van der Waals surface area contributed by atoms with Crippen molar-refractivity contribution in [1.29, 1.82) is 0 Å². The Morgan fingerprint density at radius 1 is 1.35 bits per heavy atom. The van der Waals surface area contributed by atoms with E-state index < -0.39 is 5.82 Å². The molecule has 1 fully saturated rings. The zero-order valence-electron chi connectivity index (χ0n) is 10.5. The van der Waals surface area contributed by atoms with Crippen molar-refractivity contribution in [3.05, 3.63) is 47.0 Å². The second-order valence-corrected chi connectivity index (χ2v) is 5.09. The van der Waals surface area contributed by atoms with Crippen molar-refractivity contribution in [3.8, 4) is 0 Å². The predicted molar refractivity (Wildman–Crippen MR) is 70.8 cm³/mol. The van der Waals surface area contributed by atoms with Gasteiger partial charge in [0.2, 0.25) is 5.91 Å². The van der Waals surface area contributed by atoms with Crippen molar-refractivity contribution in [2.45, 2.75) is 12.5 Å². The average Bonchev–Trinajstić information content (AvgIpc) is 2.86. The van der Waals surface area contributed by atoms with Gasteiger partial charge in [0.15, 0.2) is 0 Å². The van der Waals surface area contributed by atoms with Gasteiger partial charge < -0.3 is 4.90 Å². The summed E-state index contributed by atoms with van der Waals surface area (Å²) in [6, 6.07) is 4.51. The molecule has 3 rings (SSSR count). The number of carbonyl (C=O) groups excluding carboxylic acids is 1. The van der Waals surface area contributed by atoms with Gasteiger partial charge in [0, 0.05) is 23.7 Å². The van der Waals surface area contributed by atoms with Crippen molar-refractivity contribution in [3.63, 3.8) is 0 Å². The fourth-order valence-electron chi connectivity index (χ4n) is 2.18. The Labute approximate surface area is 119 Å². The first kappa shape index (κ1) is 13.1. The fraction of sp³-hybridized carbons (Fsp3) is 0.308. The van der Waals surface area contributed by atoms with Crippen LogP contribution in [0.4, 0.5) is 4.39 Å². The molecule has 20 heavy (non-hydrogen) atoms. The number of likely N-dealkylation sites (tertiary alicyclic amines) is 1. The summed E-state index contributed by atoms with van der Waals surface area (Å²) in [5.74, 6) is -0.586. The highest BCUT2D eigenvalue weighted by molar-refractivity contribution is 6.31. The number of amides is 1. The Morgan fingerprint density at radius 2 is 2.05 bits per heavy atom. The maximum absolute atomic E-state index is 13.6. The summed E-state index contributed by atoms with van der Waals surface area (Å²) in [5, 5.41) is 8.34. The summed E-state index contributed by atoms with van der Waals surface area (Å²) in [4.78, 5) is 15.3. The number of nitrogens with zero attached hydrogens (tertiary/aromatic N) is 4. The lowest BCUT2D eigenvalue weighted by Crippen LogP contribution is -2.51. The molecule has 0 radical (unpaired) electrons. The van der Waals surface area contributed by atoms with Crippen LogP contribution in [0.3, 0.4) is 0 Å². The Kier molecular flexibility index (Phi) is 3.40. The van der Waals surface area contributed by atoms with E-state index in [1.165, 1.54) is 12.1 Å². The van der Waals surface area contributed by atoms with Gasteiger partial charge in [-0.3, -0.25) is 4.79 Å². The normalized spacial score (nSPS) is 15.2. The topological polar surface area (TPSA) is 51.0 Å². The van der Waals surface area contributed by atoms with E-state index in [0.29, 0.717) is 13.1 Å². The van der Waals surface area contributed by atoms with Crippen molar-refractivity contribution in [1.82, 2.24) is 19.9 Å². The highest BCUT2D eigenvalue weighted by Gasteiger charge is 2.33. The molecule has 0 aliphatic carbocycles. The molecular weight excluding hydrogens is 283 g/mol. The summed E-state index contributed by atoms with van der Waals surface area (Å²) < 4.78 is 13.6. The maximum Gasteiger partial charge on any atom is 0.227 e. The number of benzene rings is 1. The summed E-state index contributed by atoms with van der Waals surface area (Å²) in [6.07, 6.45) is 3.18. The van der Waals surface area contributed by atoms with Crippen molar-refractivity contribution in [2.75, 3.05) is 13.1 Å². The van der Waals surface area contributed by atoms with Gasteiger partial charge >= 0.3 is 0 Å². The molecule has 0 N–H and O–H groups in total. The van der Waals surface area contributed by atoms with Crippen LogP contribution in [0.25, 0.3) is 0 Å². The molecule has 5 nitrogen and oxygen atoms in total. The van der Waals surface area contributed by atoms with Crippen LogP contribution in [-0.4, -0.2) is 38.9 Å². The second kappa shape index (κ2) is 5.20. The lowest BCUT2D eigenvalue weighted by Gasteiger charge is -2.38. The molecule has 0 unspecified atom stereocenters. The number of hydrogen-bond donors (Lipinski definition) is 0. The predicted octanol–water partition coefficient (Wildman–Crippen LogP) is 1.70. The van der Waals surface area contributed by atoms with Crippen LogP contribution in [0.1, 0.15) is 11.6 Å². The zero-order valence-corrected chi connectivity index (χ0v) is 11.3. The third kappa shape index (κ3) is 2.38. The highest BCUT2D eigenvalue weighted by Crippen LogP contribution is 2.24. The lowest BCUT2D eigenvalue weighted by atomic mass is 10.1. The van der Waals surface area contributed by atoms with Gasteiger partial charge in [0.1, 0.15) is 11.9 Å². The fourth-order valence-corrected chi connectivity index (χ4v) is 2.41. The van der Waals surface area contributed by atoms with Gasteiger partial charge in [0.05, 0.1) is 18.8 Å². The Bertz CT molecular complexity index is 605. The van der Waals surface area contributed by atoms with Crippen molar-refractivity contribution < 1.29 is 9.18 Å². The molecule has 2 aromatic rings. The summed E-state index contributed by atoms with van der Waals surface area (Å²) in [7, 11) is 0. The minimum atomic E-state index is -0.448. The molecule has 1 aliphatic heterocycles. The van der Waals surface area contributed by atoms with E-state index in [1.54, 1.807) is 28.2 Å². The average molecular weight is 295 g/mol. The zero-order chi connectivity index (χ0) is 14.1. The van der Waals surface area contributed by atoms with E-state index in [-0.39, 0.29) is 29.0 Å². The third-order valence-corrected chi connectivity index (χ3v) is 3.72. The van der Waals surface area contributed by atoms with Gasteiger partial charge in [0.25, 0.3) is 0 Å². The smallest absolute Gasteiger partial charge is 0.227 e. The molecule has 104 valence electrons. The standard InChI is InChI=1S/C13H12ClFN4O/c14-11-2-1-3-12(15)10(11)6-13(20)18-7-9(8-18)19-16-4-5-17-19/h1-5,9H,6-8H2. The van der Waals surface area contributed by atoms with Crippen LogP contribution in [0.15, 0.2) is 30.6 Å². The van der Waals surface area contributed by atoms with E-state index in [0.717, 1.165) is 0 Å². The minimum absolute atomic E-state index is 0.0231. The molecule has 0 saturated carbocycles. The number of rotatable bonds is 3. The van der Waals surface area contributed by atoms with E-state index in [9.17, 15) is 9.18 Å². The number of carbonyl (C=O) groups is 1. The van der Waals surface area contributed by atoms with Crippen molar-refractivity contribution >= 4 is 17.5 Å². The van der Waals surface area contributed by atoms with E-state index >= 15 is 0 Å². The maximum atomic E-state index is 13.6. The van der Waals surface area contributed by atoms with Crippen LogP contribution in [-0.2, 0) is 11.2 Å². The van der Waals surface area contributed by atoms with Crippen LogP contribution in [0.2, 0.25) is 5.02 Å². The lowest BCUT2D eigenvalue weighted by molar-refractivity contribution is -0.136. The molecular formula is C13H12ClFN4O. The summed E-state index contributed by atoms with van der Waals surface area (Å²) >= 11 is 5.91. The first-order valence-corrected chi connectivity index (χ1v) is 6.59. The molecule has 1 aliphatic rings. The highest BCUT2D eigenvalue weighted by atomic mass is 35.5. The number of hydrogen-bond acceptors (Lipinski definition) is 3. The van der Waals surface area contributed by atoms with Gasteiger partial charge in [-0.2, -0.15) is 15.0 Å². The quantitative estimate of drug-likeness (QED) is 0.866. The molecule has 1 amide bonds. The minimum Gasteiger partial charge on any atom is -0.338 e. The first-order valence-electron chi connectivity index (χ1n) is 6.21. The van der Waals surface area contributed by atoms with Crippen LogP contribution >= 0.6 is 11.6 Å². The Hall–Kier alpha value is -1.95. The van der Waals surface area contributed by atoms with E-state index in [2.05, 4.69) is 10.2 Å². The third-order valence-electron chi connectivity index (χ3n) is 3.37. The Morgan fingerprint density at radius 3 is 2.70 bits per heavy atom. The summed E-state index contributed by atoms with van der Waals surface area (Å²) in [5.41, 5.74) is 0.250. The molecule has 2 heterocycles. The van der Waals surface area contributed by atoms with Gasteiger partial charge in [-0.15, -0.1) is 0 Å². The van der Waals surface area contributed by atoms with Crippen LogP contribution in [0, 0.1) is 5.82 Å². The largest absolute Gasteiger partial charge is 0.338 e. The Balaban J connectivity index is 1.62. The van der Waals surface area contributed by atoms with Gasteiger partial charge in [-0.05, 0) is 12.1 Å². The van der Waals surface area contributed by atoms with Crippen LogP contribution in [0.5, 0.6) is 0 Å².